The third-order valence-corrected chi connectivity index (χ3v) is 14.0. The number of aliphatic hydroxyl groups is 2. The fourth-order valence-corrected chi connectivity index (χ4v) is 8.94. The first-order valence-electron chi connectivity index (χ1n) is 29.1. The third-order valence-electron chi connectivity index (χ3n) is 14.0. The number of benzene rings is 1. The highest BCUT2D eigenvalue weighted by Gasteiger charge is 2.37. The van der Waals surface area contributed by atoms with Gasteiger partial charge >= 0.3 is 0 Å². The van der Waals surface area contributed by atoms with Gasteiger partial charge in [0.05, 0.1) is 12.7 Å². The molecule has 2 rings (SSSR count). The van der Waals surface area contributed by atoms with Crippen LogP contribution in [0.2, 0.25) is 0 Å². The predicted molar refractivity (Wildman–Crippen MR) is 312 cm³/mol. The van der Waals surface area contributed by atoms with Crippen molar-refractivity contribution in [3.05, 3.63) is 35.9 Å². The Labute approximate surface area is 491 Å². The molecule has 12 atom stereocenters. The fourth-order valence-electron chi connectivity index (χ4n) is 8.94. The summed E-state index contributed by atoms with van der Waals surface area (Å²) in [7, 11) is 0. The number of aliphatic hydroxyl groups excluding tert-OH is 2. The number of nitrogens with two attached hydrogens (primary N) is 5. The van der Waals surface area contributed by atoms with E-state index >= 15 is 0 Å². The van der Waals surface area contributed by atoms with Gasteiger partial charge < -0.3 is 97.4 Å². The van der Waals surface area contributed by atoms with Crippen LogP contribution in [0.5, 0.6) is 0 Å². The van der Waals surface area contributed by atoms with Crippen molar-refractivity contribution in [1.29, 1.82) is 0 Å². The summed E-state index contributed by atoms with van der Waals surface area (Å²) in [5, 5.41) is 49.0. The normalized spacial score (nSPS) is 22.6. The zero-order valence-corrected chi connectivity index (χ0v) is 49.3. The van der Waals surface area contributed by atoms with Gasteiger partial charge in [-0.3, -0.25) is 52.7 Å². The molecule has 0 spiro atoms. The van der Waals surface area contributed by atoms with Crippen molar-refractivity contribution < 1.29 is 63.0 Å². The molecule has 29 nitrogen and oxygen atoms in total. The molecule has 1 aromatic rings. The lowest BCUT2D eigenvalue weighted by atomic mass is 10.00. The molecular formula is C55H96N16O13. The first kappa shape index (κ1) is 73.2. The van der Waals surface area contributed by atoms with Crippen molar-refractivity contribution in [2.75, 3.05) is 45.9 Å². The largest absolute Gasteiger partial charge is 0.394 e. The summed E-state index contributed by atoms with van der Waals surface area (Å²) in [6, 6.07) is -6.16. The summed E-state index contributed by atoms with van der Waals surface area (Å²) >= 11 is 0. The molecule has 1 aromatic carbocycles. The number of rotatable bonds is 29. The maximum Gasteiger partial charge on any atom is 0.245 e. The second-order valence-electron chi connectivity index (χ2n) is 21.6. The molecular weight excluding hydrogens is 1090 g/mol. The molecule has 2 unspecified atom stereocenters. The van der Waals surface area contributed by atoms with Gasteiger partial charge in [-0.1, -0.05) is 77.3 Å². The van der Waals surface area contributed by atoms with E-state index in [1.165, 1.54) is 6.92 Å². The molecule has 84 heavy (non-hydrogen) atoms. The van der Waals surface area contributed by atoms with E-state index in [-0.39, 0.29) is 90.0 Å². The Morgan fingerprint density at radius 2 is 1.05 bits per heavy atom. The summed E-state index contributed by atoms with van der Waals surface area (Å²) in [6.45, 7) is 6.85. The van der Waals surface area contributed by atoms with E-state index in [4.69, 9.17) is 28.7 Å². The SMILES string of the molecule is CCC(C)CCCCC(=O)N[C@@H](CCN)C(=O)N[C@@H](CO)C(=O)N[C@@H](CCN)C(=O)NC1CCNC(=O)[C@H]([C@@H](C)O)NC(=O)[C@H](CCN)NC(=O)[C@H](CCN)NC(=O)[C@H](CC(C)C)NC(=O)[C@@H](Cc2ccccc2)NC(=O)[C@H](CCN)NC1=O. The topological polar surface area (TPSA) is 491 Å². The number of carbonyl (C=O) groups is 11. The average molecular weight is 1190 g/mol. The van der Waals surface area contributed by atoms with Crippen LogP contribution in [0.1, 0.15) is 117 Å². The number of carbonyl (C=O) groups excluding carboxylic acids is 11. The number of nitrogens with one attached hydrogen (secondary N) is 11. The van der Waals surface area contributed by atoms with Gasteiger partial charge in [-0.15, -0.1) is 0 Å². The van der Waals surface area contributed by atoms with Gasteiger partial charge in [0.25, 0.3) is 0 Å². The summed E-state index contributed by atoms with van der Waals surface area (Å²) in [5.41, 5.74) is 29.9. The van der Waals surface area contributed by atoms with Crippen molar-refractivity contribution in [2.24, 2.45) is 40.5 Å². The summed E-state index contributed by atoms with van der Waals surface area (Å²) in [4.78, 5) is 153. The Morgan fingerprint density at radius 3 is 1.56 bits per heavy atom. The van der Waals surface area contributed by atoms with Gasteiger partial charge in [0, 0.05) is 19.4 Å². The second-order valence-corrected chi connectivity index (χ2v) is 21.6. The van der Waals surface area contributed by atoms with Crippen LogP contribution in [0.25, 0.3) is 0 Å². The Morgan fingerprint density at radius 1 is 0.571 bits per heavy atom. The molecule has 1 aliphatic rings. The quantitative estimate of drug-likeness (QED) is 0.0333. The molecule has 474 valence electrons. The third kappa shape index (κ3) is 26.4. The molecule has 0 radical (unpaired) electrons. The maximum atomic E-state index is 14.5. The second kappa shape index (κ2) is 39.6. The standard InChI is InChI=1S/C55H96N16O13/c1-6-32(4)12-10-11-15-44(74)62-35(16-22-56)46(75)70-43(30-72)54(83)66-37(18-24-58)48(77)67-40-21-27-61-55(84)45(33(5)73)71-51(80)39(20-26-60)64-47(76)36(17-23-57)65-52(81)41(28-31(2)3)68-53(82)42(29-34-13-8-7-9-14-34)69-49(78)38(19-25-59)63-50(40)79/h7-9,13-14,31-33,35-43,45,72-73H,6,10-12,15-30,56-60H2,1-5H3,(H,61,84)(H,62,74)(H,63,79)(H,64,76)(H,65,81)(H,66,83)(H,67,77)(H,68,82)(H,69,78)(H,70,75)(H,71,80)/t32?,33-,35+,36+,37+,38+,39+,40?,41+,42-,43+,45+/m1/s1. The van der Waals surface area contributed by atoms with Gasteiger partial charge in [-0.2, -0.15) is 0 Å². The van der Waals surface area contributed by atoms with E-state index in [1.54, 1.807) is 44.2 Å². The van der Waals surface area contributed by atoms with Crippen LogP contribution in [0.15, 0.2) is 30.3 Å². The lowest BCUT2D eigenvalue weighted by Gasteiger charge is -2.28. The van der Waals surface area contributed by atoms with Crippen LogP contribution in [0, 0.1) is 11.8 Å². The van der Waals surface area contributed by atoms with Gasteiger partial charge in [0.1, 0.15) is 60.4 Å². The van der Waals surface area contributed by atoms with E-state index in [0.29, 0.717) is 17.9 Å². The maximum absolute atomic E-state index is 14.5. The van der Waals surface area contributed by atoms with Crippen LogP contribution in [-0.4, -0.2) is 188 Å². The van der Waals surface area contributed by atoms with Gasteiger partial charge in [0.2, 0.25) is 65.0 Å². The molecule has 0 aliphatic carbocycles. The monoisotopic (exact) mass is 1190 g/mol. The number of amides is 11. The van der Waals surface area contributed by atoms with E-state index in [9.17, 15) is 63.0 Å². The summed E-state index contributed by atoms with van der Waals surface area (Å²) in [6.07, 6.45) is 0.549. The number of hydrogen-bond acceptors (Lipinski definition) is 18. The first-order valence-corrected chi connectivity index (χ1v) is 29.1. The van der Waals surface area contributed by atoms with E-state index in [2.05, 4.69) is 72.3 Å². The Bertz CT molecular complexity index is 2280. The average Bonchev–Trinajstić information content (AvgIpc) is 3.66. The molecule has 1 fully saturated rings. The minimum absolute atomic E-state index is 0.0117. The molecule has 11 amide bonds. The Hall–Kier alpha value is -6.89. The van der Waals surface area contributed by atoms with E-state index in [0.717, 1.165) is 19.3 Å². The molecule has 0 saturated carbocycles. The van der Waals surface area contributed by atoms with Crippen LogP contribution < -0.4 is 87.2 Å². The van der Waals surface area contributed by atoms with Crippen molar-refractivity contribution in [1.82, 2.24) is 58.5 Å². The van der Waals surface area contributed by atoms with Crippen molar-refractivity contribution in [3.63, 3.8) is 0 Å². The molecule has 23 N–H and O–H groups in total. The summed E-state index contributed by atoms with van der Waals surface area (Å²) < 4.78 is 0. The lowest BCUT2D eigenvalue weighted by molar-refractivity contribution is -0.136. The Balaban J connectivity index is 2.65. The van der Waals surface area contributed by atoms with Crippen molar-refractivity contribution >= 4 is 65.0 Å². The Kier molecular flexibility index (Phi) is 34.5. The van der Waals surface area contributed by atoms with Crippen LogP contribution >= 0.6 is 0 Å². The smallest absolute Gasteiger partial charge is 0.245 e. The fraction of sp³-hybridized carbons (Fsp3) is 0.691. The summed E-state index contributed by atoms with van der Waals surface area (Å²) in [5.74, 6) is -9.44. The van der Waals surface area contributed by atoms with E-state index in [1.807, 2.05) is 0 Å². The first-order chi connectivity index (χ1) is 40.0. The highest BCUT2D eigenvalue weighted by molar-refractivity contribution is 5.99. The highest BCUT2D eigenvalue weighted by atomic mass is 16.3. The highest BCUT2D eigenvalue weighted by Crippen LogP contribution is 2.14. The van der Waals surface area contributed by atoms with Crippen LogP contribution in [0.4, 0.5) is 0 Å². The molecule has 0 aromatic heterocycles. The van der Waals surface area contributed by atoms with Gasteiger partial charge in [0.15, 0.2) is 0 Å². The van der Waals surface area contributed by atoms with E-state index < -0.39 is 151 Å². The molecule has 1 saturated heterocycles. The molecule has 29 heteroatoms. The van der Waals surface area contributed by atoms with Crippen molar-refractivity contribution in [2.45, 2.75) is 185 Å². The minimum atomic E-state index is -1.69. The zero-order valence-electron chi connectivity index (χ0n) is 49.3. The van der Waals surface area contributed by atoms with Crippen LogP contribution in [-0.2, 0) is 59.2 Å². The number of unbranched alkanes of at least 4 members (excludes halogenated alkanes) is 1. The van der Waals surface area contributed by atoms with Crippen LogP contribution in [0.3, 0.4) is 0 Å². The number of hydrogen-bond donors (Lipinski definition) is 18. The van der Waals surface area contributed by atoms with Gasteiger partial charge in [-0.25, -0.2) is 0 Å². The molecule has 1 heterocycles. The van der Waals surface area contributed by atoms with Gasteiger partial charge in [-0.05, 0) is 108 Å². The predicted octanol–water partition coefficient (Wildman–Crippen LogP) is -5.63. The zero-order chi connectivity index (χ0) is 62.9. The lowest BCUT2D eigenvalue weighted by Crippen LogP contribution is -2.61. The minimum Gasteiger partial charge on any atom is -0.394 e. The molecule has 0 bridgehead atoms. The van der Waals surface area contributed by atoms with Crippen molar-refractivity contribution in [3.8, 4) is 0 Å². The molecule has 1 aliphatic heterocycles.